The highest BCUT2D eigenvalue weighted by Crippen LogP contribution is 2.21. The van der Waals surface area contributed by atoms with Crippen molar-refractivity contribution in [3.8, 4) is 11.5 Å². The van der Waals surface area contributed by atoms with Gasteiger partial charge in [-0.15, -0.1) is 0 Å². The molecule has 0 radical (unpaired) electrons. The van der Waals surface area contributed by atoms with Crippen LogP contribution in [0.25, 0.3) is 0 Å². The van der Waals surface area contributed by atoms with E-state index in [0.717, 1.165) is 44.5 Å². The zero-order valence-corrected chi connectivity index (χ0v) is 18.1. The average Bonchev–Trinajstić information content (AvgIpc) is 2.77. The van der Waals surface area contributed by atoms with E-state index >= 15 is 0 Å². The molecule has 164 valence electrons. The molecule has 2 aromatic carbocycles. The lowest BCUT2D eigenvalue weighted by Crippen LogP contribution is -2.47. The first-order valence-corrected chi connectivity index (χ1v) is 11.4. The van der Waals surface area contributed by atoms with Gasteiger partial charge in [0.2, 0.25) is 10.0 Å². The molecule has 7 nitrogen and oxygen atoms in total. The van der Waals surface area contributed by atoms with E-state index in [1.54, 1.807) is 7.11 Å². The number of ether oxygens (including phenoxy) is 2. The number of halogens is 1. The van der Waals surface area contributed by atoms with Crippen molar-refractivity contribution < 1.29 is 22.3 Å². The van der Waals surface area contributed by atoms with Gasteiger partial charge in [-0.05, 0) is 55.4 Å². The molecule has 30 heavy (non-hydrogen) atoms. The number of sulfonamides is 1. The van der Waals surface area contributed by atoms with Crippen molar-refractivity contribution in [1.82, 2.24) is 9.62 Å². The fraction of sp³-hybridized carbons (Fsp3) is 0.429. The number of nitrogens with one attached hydrogen (secondary N) is 1. The summed E-state index contributed by atoms with van der Waals surface area (Å²) >= 11 is 0. The summed E-state index contributed by atoms with van der Waals surface area (Å²) in [4.78, 5) is 4.55. The predicted octanol–water partition coefficient (Wildman–Crippen LogP) is 2.33. The molecule has 3 rings (SSSR count). The summed E-state index contributed by atoms with van der Waals surface area (Å²) in [5.41, 5.74) is 1.18. The molecule has 0 unspecified atom stereocenters. The zero-order valence-electron chi connectivity index (χ0n) is 17.3. The molecule has 0 spiro atoms. The highest BCUT2D eigenvalue weighted by atomic mass is 32.2. The second-order valence-corrected chi connectivity index (χ2v) is 8.84. The van der Waals surface area contributed by atoms with E-state index < -0.39 is 15.8 Å². The average molecular weight is 438 g/mol. The van der Waals surface area contributed by atoms with Gasteiger partial charge in [0, 0.05) is 38.4 Å². The van der Waals surface area contributed by atoms with Gasteiger partial charge in [-0.1, -0.05) is 0 Å². The Morgan fingerprint density at radius 3 is 2.30 bits per heavy atom. The SMILES string of the molecule is COc1ccc(N2CCN(CCCNS(=O)(=O)c3ccc(OC)c(F)c3)CC2)cc1. The van der Waals surface area contributed by atoms with Crippen LogP contribution in [-0.4, -0.2) is 66.8 Å². The van der Waals surface area contributed by atoms with Gasteiger partial charge in [-0.2, -0.15) is 0 Å². The molecule has 0 bridgehead atoms. The Morgan fingerprint density at radius 1 is 1.00 bits per heavy atom. The van der Waals surface area contributed by atoms with E-state index in [0.29, 0.717) is 13.0 Å². The summed E-state index contributed by atoms with van der Waals surface area (Å²) < 4.78 is 51.0. The molecule has 0 aliphatic carbocycles. The van der Waals surface area contributed by atoms with Crippen LogP contribution in [-0.2, 0) is 10.0 Å². The van der Waals surface area contributed by atoms with Crippen molar-refractivity contribution in [3.05, 3.63) is 48.3 Å². The normalized spacial score (nSPS) is 15.2. The largest absolute Gasteiger partial charge is 0.497 e. The molecular weight excluding hydrogens is 409 g/mol. The third kappa shape index (κ3) is 5.62. The Hall–Kier alpha value is -2.36. The monoisotopic (exact) mass is 437 g/mol. The van der Waals surface area contributed by atoms with Crippen molar-refractivity contribution in [2.24, 2.45) is 0 Å². The van der Waals surface area contributed by atoms with Crippen LogP contribution in [0.4, 0.5) is 10.1 Å². The van der Waals surface area contributed by atoms with Gasteiger partial charge in [-0.3, -0.25) is 4.90 Å². The third-order valence-electron chi connectivity index (χ3n) is 5.19. The number of methoxy groups -OCH3 is 2. The van der Waals surface area contributed by atoms with E-state index in [9.17, 15) is 12.8 Å². The number of piperazine rings is 1. The number of hydrogen-bond acceptors (Lipinski definition) is 6. The van der Waals surface area contributed by atoms with Crippen molar-refractivity contribution in [3.63, 3.8) is 0 Å². The van der Waals surface area contributed by atoms with Gasteiger partial charge >= 0.3 is 0 Å². The lowest BCUT2D eigenvalue weighted by molar-refractivity contribution is 0.255. The van der Waals surface area contributed by atoms with Crippen LogP contribution in [0, 0.1) is 5.82 Å². The Kier molecular flexibility index (Phi) is 7.52. The first-order valence-electron chi connectivity index (χ1n) is 9.87. The van der Waals surface area contributed by atoms with Crippen LogP contribution in [0.15, 0.2) is 47.4 Å². The third-order valence-corrected chi connectivity index (χ3v) is 6.65. The highest BCUT2D eigenvalue weighted by molar-refractivity contribution is 7.89. The highest BCUT2D eigenvalue weighted by Gasteiger charge is 2.19. The maximum Gasteiger partial charge on any atom is 0.240 e. The van der Waals surface area contributed by atoms with Crippen LogP contribution in [0.1, 0.15) is 6.42 Å². The fourth-order valence-corrected chi connectivity index (χ4v) is 4.52. The lowest BCUT2D eigenvalue weighted by atomic mass is 10.2. The second kappa shape index (κ2) is 10.1. The number of anilines is 1. The number of rotatable bonds is 9. The van der Waals surface area contributed by atoms with Gasteiger partial charge in [0.1, 0.15) is 5.75 Å². The standard InChI is InChI=1S/C21H28FN3O4S/c1-28-18-6-4-17(5-7-18)25-14-12-24(13-15-25)11-3-10-23-30(26,27)19-8-9-21(29-2)20(22)16-19/h4-9,16,23H,3,10-15H2,1-2H3. The first kappa shape index (κ1) is 22.3. The molecule has 1 aliphatic heterocycles. The van der Waals surface area contributed by atoms with E-state index in [1.807, 2.05) is 12.1 Å². The first-order chi connectivity index (χ1) is 14.4. The van der Waals surface area contributed by atoms with E-state index in [1.165, 1.54) is 24.9 Å². The Morgan fingerprint density at radius 2 is 1.70 bits per heavy atom. The quantitative estimate of drug-likeness (QED) is 0.608. The van der Waals surface area contributed by atoms with E-state index in [4.69, 9.17) is 9.47 Å². The smallest absolute Gasteiger partial charge is 0.240 e. The molecule has 0 aromatic heterocycles. The summed E-state index contributed by atoms with van der Waals surface area (Å²) in [6, 6.07) is 11.7. The second-order valence-electron chi connectivity index (χ2n) is 7.07. The van der Waals surface area contributed by atoms with Crippen molar-refractivity contribution in [2.45, 2.75) is 11.3 Å². The maximum absolute atomic E-state index is 13.8. The van der Waals surface area contributed by atoms with Crippen LogP contribution in [0.2, 0.25) is 0 Å². The van der Waals surface area contributed by atoms with Gasteiger partial charge in [0.15, 0.2) is 11.6 Å². The summed E-state index contributed by atoms with van der Waals surface area (Å²) in [6.45, 7) is 4.78. The van der Waals surface area contributed by atoms with Crippen molar-refractivity contribution >= 4 is 15.7 Å². The minimum atomic E-state index is -3.74. The lowest BCUT2D eigenvalue weighted by Gasteiger charge is -2.36. The Balaban J connectivity index is 1.41. The molecule has 9 heteroatoms. The summed E-state index contributed by atoms with van der Waals surface area (Å²) in [7, 11) is -0.753. The number of nitrogens with zero attached hydrogens (tertiary/aromatic N) is 2. The van der Waals surface area contributed by atoms with Gasteiger partial charge in [0.25, 0.3) is 0 Å². The summed E-state index contributed by atoms with van der Waals surface area (Å²) in [5.74, 6) is 0.162. The Labute approximate surface area is 177 Å². The molecule has 1 N–H and O–H groups in total. The summed E-state index contributed by atoms with van der Waals surface area (Å²) in [6.07, 6.45) is 0.681. The van der Waals surface area contributed by atoms with Crippen molar-refractivity contribution in [2.75, 3.05) is 58.4 Å². The maximum atomic E-state index is 13.8. The number of hydrogen-bond donors (Lipinski definition) is 1. The minimum Gasteiger partial charge on any atom is -0.497 e. The molecule has 1 aliphatic rings. The van der Waals surface area contributed by atoms with Crippen LogP contribution < -0.4 is 19.1 Å². The predicted molar refractivity (Wildman–Crippen MR) is 114 cm³/mol. The molecule has 0 atom stereocenters. The molecule has 0 amide bonds. The topological polar surface area (TPSA) is 71.1 Å². The fourth-order valence-electron chi connectivity index (χ4n) is 3.43. The van der Waals surface area contributed by atoms with E-state index in [-0.39, 0.29) is 10.6 Å². The molecule has 1 heterocycles. The molecule has 1 saturated heterocycles. The molecular formula is C21H28FN3O4S. The molecule has 0 saturated carbocycles. The minimum absolute atomic E-state index is 0.0164. The molecule has 2 aromatic rings. The van der Waals surface area contributed by atoms with Crippen molar-refractivity contribution in [1.29, 1.82) is 0 Å². The zero-order chi connectivity index (χ0) is 21.6. The van der Waals surface area contributed by atoms with Gasteiger partial charge in [-0.25, -0.2) is 17.5 Å². The number of benzene rings is 2. The van der Waals surface area contributed by atoms with Crippen LogP contribution >= 0.6 is 0 Å². The van der Waals surface area contributed by atoms with Gasteiger partial charge < -0.3 is 14.4 Å². The summed E-state index contributed by atoms with van der Waals surface area (Å²) in [5, 5.41) is 0. The van der Waals surface area contributed by atoms with Crippen LogP contribution in [0.5, 0.6) is 11.5 Å². The van der Waals surface area contributed by atoms with Crippen LogP contribution in [0.3, 0.4) is 0 Å². The van der Waals surface area contributed by atoms with Gasteiger partial charge in [0.05, 0.1) is 19.1 Å². The Bertz CT molecular complexity index is 930. The van der Waals surface area contributed by atoms with E-state index in [2.05, 4.69) is 26.7 Å². The molecule has 1 fully saturated rings.